The molecular formula is C12H14ClN3S. The van der Waals surface area contributed by atoms with E-state index >= 15 is 0 Å². The summed E-state index contributed by atoms with van der Waals surface area (Å²) in [4.78, 5) is 5.36. The quantitative estimate of drug-likeness (QED) is 0.662. The molecule has 3 nitrogen and oxygen atoms in total. The van der Waals surface area contributed by atoms with Crippen molar-refractivity contribution in [1.29, 1.82) is 0 Å². The van der Waals surface area contributed by atoms with Gasteiger partial charge in [-0.1, -0.05) is 17.7 Å². The van der Waals surface area contributed by atoms with Gasteiger partial charge in [0.25, 0.3) is 0 Å². The fraction of sp³-hybridized carbons (Fsp3) is 0.250. The summed E-state index contributed by atoms with van der Waals surface area (Å²) in [7, 11) is 0. The Hall–Kier alpha value is -0.940. The van der Waals surface area contributed by atoms with Crippen LogP contribution in [0.3, 0.4) is 0 Å². The van der Waals surface area contributed by atoms with Gasteiger partial charge < -0.3 is 0 Å². The predicted molar refractivity (Wildman–Crippen MR) is 72.1 cm³/mol. The molecule has 0 aliphatic heterocycles. The highest BCUT2D eigenvalue weighted by Gasteiger charge is 2.17. The number of hydrogen-bond acceptors (Lipinski definition) is 4. The van der Waals surface area contributed by atoms with Crippen LogP contribution in [0.1, 0.15) is 22.2 Å². The molecule has 2 aromatic heterocycles. The molecule has 0 saturated carbocycles. The summed E-state index contributed by atoms with van der Waals surface area (Å²) in [5, 5.41) is 2.84. The third-order valence-corrected chi connectivity index (χ3v) is 4.41. The highest BCUT2D eigenvalue weighted by Crippen LogP contribution is 2.33. The van der Waals surface area contributed by atoms with Gasteiger partial charge in [0.15, 0.2) is 0 Å². The monoisotopic (exact) mass is 267 g/mol. The van der Waals surface area contributed by atoms with Crippen LogP contribution in [-0.4, -0.2) is 4.98 Å². The highest BCUT2D eigenvalue weighted by atomic mass is 35.5. The lowest BCUT2D eigenvalue weighted by Crippen LogP contribution is -2.29. The summed E-state index contributed by atoms with van der Waals surface area (Å²) in [6.45, 7) is 2.00. The number of hydrazine groups is 1. The van der Waals surface area contributed by atoms with Gasteiger partial charge >= 0.3 is 0 Å². The minimum Gasteiger partial charge on any atom is -0.271 e. The van der Waals surface area contributed by atoms with E-state index in [1.54, 1.807) is 17.5 Å². The van der Waals surface area contributed by atoms with E-state index in [-0.39, 0.29) is 6.04 Å². The molecule has 1 unspecified atom stereocenters. The first-order valence-corrected chi connectivity index (χ1v) is 6.57. The lowest BCUT2D eigenvalue weighted by atomic mass is 10.1. The van der Waals surface area contributed by atoms with E-state index in [0.29, 0.717) is 0 Å². The van der Waals surface area contributed by atoms with Crippen LogP contribution in [0.25, 0.3) is 0 Å². The maximum absolute atomic E-state index is 6.24. The van der Waals surface area contributed by atoms with Crippen molar-refractivity contribution in [3.63, 3.8) is 0 Å². The maximum atomic E-state index is 6.24. The van der Waals surface area contributed by atoms with E-state index < -0.39 is 0 Å². The van der Waals surface area contributed by atoms with E-state index in [0.717, 1.165) is 27.6 Å². The Morgan fingerprint density at radius 2 is 2.35 bits per heavy atom. The van der Waals surface area contributed by atoms with Gasteiger partial charge in [0.1, 0.15) is 0 Å². The Kier molecular flexibility index (Phi) is 4.12. The Labute approximate surface area is 110 Å². The molecule has 0 spiro atoms. The molecular weight excluding hydrogens is 254 g/mol. The van der Waals surface area contributed by atoms with E-state index in [1.165, 1.54) is 0 Å². The van der Waals surface area contributed by atoms with Gasteiger partial charge in [0, 0.05) is 23.2 Å². The molecule has 0 bridgehead atoms. The zero-order valence-electron chi connectivity index (χ0n) is 9.48. The summed E-state index contributed by atoms with van der Waals surface area (Å²) < 4.78 is 0. The molecule has 0 saturated heterocycles. The minimum absolute atomic E-state index is 0.0103. The summed E-state index contributed by atoms with van der Waals surface area (Å²) in [6.07, 6.45) is 2.52. The van der Waals surface area contributed by atoms with Gasteiger partial charge in [-0.05, 0) is 30.0 Å². The molecule has 0 aliphatic rings. The molecule has 5 heteroatoms. The Bertz CT molecular complexity index is 484. The fourth-order valence-corrected chi connectivity index (χ4v) is 3.03. The molecule has 0 fully saturated rings. The zero-order valence-corrected chi connectivity index (χ0v) is 11.1. The number of nitrogens with zero attached hydrogens (tertiary/aromatic N) is 1. The van der Waals surface area contributed by atoms with E-state index in [2.05, 4.69) is 10.4 Å². The van der Waals surface area contributed by atoms with Crippen molar-refractivity contribution < 1.29 is 0 Å². The number of pyridine rings is 1. The third-order valence-electron chi connectivity index (χ3n) is 2.58. The molecule has 2 rings (SSSR count). The minimum atomic E-state index is 0.0103. The molecule has 0 aromatic carbocycles. The zero-order chi connectivity index (χ0) is 12.3. The number of aromatic nitrogens is 1. The number of thiophene rings is 1. The van der Waals surface area contributed by atoms with Crippen molar-refractivity contribution in [2.24, 2.45) is 5.84 Å². The first-order valence-electron chi connectivity index (χ1n) is 5.32. The standard InChI is InChI=1S/C12H14ClN3S/c1-8-7-17-12(11(8)13)10(16-14)6-9-4-2-3-5-15-9/h2-5,7,10,16H,6,14H2,1H3. The van der Waals surface area contributed by atoms with Gasteiger partial charge in [-0.2, -0.15) is 0 Å². The first kappa shape index (κ1) is 12.5. The molecule has 1 atom stereocenters. The predicted octanol–water partition coefficient (Wildman–Crippen LogP) is 2.85. The van der Waals surface area contributed by atoms with Crippen molar-refractivity contribution in [3.8, 4) is 0 Å². The van der Waals surface area contributed by atoms with Crippen LogP contribution in [0.4, 0.5) is 0 Å². The fourth-order valence-electron chi connectivity index (χ4n) is 1.64. The Morgan fingerprint density at radius 1 is 1.53 bits per heavy atom. The lowest BCUT2D eigenvalue weighted by molar-refractivity contribution is 0.554. The normalized spacial score (nSPS) is 12.6. The second-order valence-electron chi connectivity index (χ2n) is 3.84. The topological polar surface area (TPSA) is 50.9 Å². The van der Waals surface area contributed by atoms with Crippen LogP contribution in [0.5, 0.6) is 0 Å². The molecule has 2 heterocycles. The van der Waals surface area contributed by atoms with Crippen molar-refractivity contribution in [3.05, 3.63) is 50.9 Å². The van der Waals surface area contributed by atoms with E-state index in [4.69, 9.17) is 17.4 Å². The molecule has 0 aliphatic carbocycles. The largest absolute Gasteiger partial charge is 0.271 e. The molecule has 0 radical (unpaired) electrons. The first-order chi connectivity index (χ1) is 8.22. The molecule has 0 amide bonds. The van der Waals surface area contributed by atoms with Crippen molar-refractivity contribution in [2.75, 3.05) is 0 Å². The number of rotatable bonds is 4. The molecule has 90 valence electrons. The Morgan fingerprint density at radius 3 is 2.88 bits per heavy atom. The van der Waals surface area contributed by atoms with Gasteiger partial charge in [-0.25, -0.2) is 0 Å². The summed E-state index contributed by atoms with van der Waals surface area (Å²) in [5.74, 6) is 5.60. The highest BCUT2D eigenvalue weighted by molar-refractivity contribution is 7.10. The van der Waals surface area contributed by atoms with Crippen molar-refractivity contribution in [2.45, 2.75) is 19.4 Å². The average Bonchev–Trinajstić information content (AvgIpc) is 2.69. The van der Waals surface area contributed by atoms with Crippen molar-refractivity contribution >= 4 is 22.9 Å². The number of hydrogen-bond donors (Lipinski definition) is 2. The van der Waals surface area contributed by atoms with Crippen LogP contribution < -0.4 is 11.3 Å². The van der Waals surface area contributed by atoms with Gasteiger partial charge in [0.2, 0.25) is 0 Å². The number of aryl methyl sites for hydroxylation is 1. The van der Waals surface area contributed by atoms with Crippen LogP contribution in [0.15, 0.2) is 29.8 Å². The Balaban J connectivity index is 2.20. The van der Waals surface area contributed by atoms with Gasteiger partial charge in [0.05, 0.1) is 11.1 Å². The second kappa shape index (κ2) is 5.60. The maximum Gasteiger partial charge on any atom is 0.0623 e. The van der Waals surface area contributed by atoms with Crippen LogP contribution >= 0.6 is 22.9 Å². The number of nitrogens with one attached hydrogen (secondary N) is 1. The summed E-state index contributed by atoms with van der Waals surface area (Å²) in [6, 6.07) is 5.86. The number of halogens is 1. The number of nitrogens with two attached hydrogens (primary N) is 1. The van der Waals surface area contributed by atoms with Gasteiger partial charge in [-0.3, -0.25) is 16.3 Å². The van der Waals surface area contributed by atoms with Crippen LogP contribution in [-0.2, 0) is 6.42 Å². The molecule has 2 aromatic rings. The summed E-state index contributed by atoms with van der Waals surface area (Å²) in [5.41, 5.74) is 4.90. The third kappa shape index (κ3) is 2.84. The van der Waals surface area contributed by atoms with E-state index in [1.807, 2.05) is 30.5 Å². The average molecular weight is 268 g/mol. The van der Waals surface area contributed by atoms with Crippen LogP contribution in [0.2, 0.25) is 5.02 Å². The summed E-state index contributed by atoms with van der Waals surface area (Å²) >= 11 is 7.87. The van der Waals surface area contributed by atoms with Crippen molar-refractivity contribution in [1.82, 2.24) is 10.4 Å². The van der Waals surface area contributed by atoms with E-state index in [9.17, 15) is 0 Å². The molecule has 3 N–H and O–H groups in total. The lowest BCUT2D eigenvalue weighted by Gasteiger charge is -2.14. The van der Waals surface area contributed by atoms with Crippen LogP contribution in [0, 0.1) is 6.92 Å². The van der Waals surface area contributed by atoms with Gasteiger partial charge in [-0.15, -0.1) is 11.3 Å². The SMILES string of the molecule is Cc1csc(C(Cc2ccccn2)NN)c1Cl. The smallest absolute Gasteiger partial charge is 0.0623 e. The molecule has 17 heavy (non-hydrogen) atoms. The second-order valence-corrected chi connectivity index (χ2v) is 5.13.